The summed E-state index contributed by atoms with van der Waals surface area (Å²) < 4.78 is 2.01. The maximum atomic E-state index is 4.54. The molecule has 0 bridgehead atoms. The van der Waals surface area contributed by atoms with Crippen LogP contribution in [0.2, 0.25) is 0 Å². The second-order valence-electron chi connectivity index (χ2n) is 7.50. The van der Waals surface area contributed by atoms with E-state index in [0.717, 1.165) is 25.2 Å². The SMILES string of the molecule is Cc1cc(CN2CCc3c([nH]c4ccccc34)C2c2ccccc2)n(C)n1. The van der Waals surface area contributed by atoms with Crippen molar-refractivity contribution >= 4 is 10.9 Å². The molecular formula is C23H24N4. The van der Waals surface area contributed by atoms with Gasteiger partial charge in [-0.2, -0.15) is 5.10 Å². The van der Waals surface area contributed by atoms with Gasteiger partial charge in [-0.05, 0) is 36.6 Å². The molecule has 0 saturated carbocycles. The van der Waals surface area contributed by atoms with Crippen molar-refractivity contribution in [3.8, 4) is 0 Å². The summed E-state index contributed by atoms with van der Waals surface area (Å²) in [5.74, 6) is 0. The van der Waals surface area contributed by atoms with Crippen molar-refractivity contribution < 1.29 is 0 Å². The number of aryl methyl sites for hydroxylation is 2. The van der Waals surface area contributed by atoms with Crippen LogP contribution in [0.3, 0.4) is 0 Å². The van der Waals surface area contributed by atoms with Crippen LogP contribution in [0.5, 0.6) is 0 Å². The van der Waals surface area contributed by atoms with Gasteiger partial charge in [-0.15, -0.1) is 0 Å². The molecule has 1 unspecified atom stereocenters. The van der Waals surface area contributed by atoms with Crippen LogP contribution in [0.25, 0.3) is 10.9 Å². The molecule has 0 fully saturated rings. The lowest BCUT2D eigenvalue weighted by molar-refractivity contribution is 0.197. The number of aromatic nitrogens is 3. The molecule has 0 spiro atoms. The molecule has 136 valence electrons. The molecule has 4 nitrogen and oxygen atoms in total. The van der Waals surface area contributed by atoms with Gasteiger partial charge in [-0.3, -0.25) is 9.58 Å². The van der Waals surface area contributed by atoms with Crippen LogP contribution in [-0.2, 0) is 20.0 Å². The summed E-state index contributed by atoms with van der Waals surface area (Å²) in [5.41, 5.74) is 7.72. The number of hydrogen-bond acceptors (Lipinski definition) is 2. The highest BCUT2D eigenvalue weighted by molar-refractivity contribution is 5.85. The molecule has 4 heteroatoms. The monoisotopic (exact) mass is 356 g/mol. The number of para-hydroxylation sites is 1. The van der Waals surface area contributed by atoms with Crippen LogP contribution in [0.15, 0.2) is 60.7 Å². The quantitative estimate of drug-likeness (QED) is 0.592. The fourth-order valence-electron chi connectivity index (χ4n) is 4.49. The number of fused-ring (bicyclic) bond motifs is 3. The van der Waals surface area contributed by atoms with Gasteiger partial charge in [0.25, 0.3) is 0 Å². The average Bonchev–Trinajstić information content (AvgIpc) is 3.21. The molecule has 2 aromatic carbocycles. The summed E-state index contributed by atoms with van der Waals surface area (Å²) in [4.78, 5) is 6.31. The van der Waals surface area contributed by atoms with E-state index in [4.69, 9.17) is 0 Å². The van der Waals surface area contributed by atoms with E-state index >= 15 is 0 Å². The first-order valence-corrected chi connectivity index (χ1v) is 9.58. The second-order valence-corrected chi connectivity index (χ2v) is 7.50. The van der Waals surface area contributed by atoms with E-state index in [2.05, 4.69) is 82.6 Å². The number of nitrogens with zero attached hydrogens (tertiary/aromatic N) is 3. The summed E-state index contributed by atoms with van der Waals surface area (Å²) in [6.45, 7) is 3.99. The molecule has 2 aromatic heterocycles. The van der Waals surface area contributed by atoms with Gasteiger partial charge >= 0.3 is 0 Å². The maximum Gasteiger partial charge on any atom is 0.0760 e. The van der Waals surface area contributed by atoms with Crippen molar-refractivity contribution in [2.75, 3.05) is 6.54 Å². The molecule has 0 radical (unpaired) electrons. The van der Waals surface area contributed by atoms with Gasteiger partial charge in [0, 0.05) is 36.7 Å². The molecule has 1 atom stereocenters. The van der Waals surface area contributed by atoms with Crippen molar-refractivity contribution in [1.29, 1.82) is 0 Å². The van der Waals surface area contributed by atoms with E-state index in [0.29, 0.717) is 0 Å². The highest BCUT2D eigenvalue weighted by Crippen LogP contribution is 2.38. The van der Waals surface area contributed by atoms with Crippen LogP contribution >= 0.6 is 0 Å². The lowest BCUT2D eigenvalue weighted by Crippen LogP contribution is -2.36. The standard InChI is InChI=1S/C23H24N4/c1-16-14-18(26(2)25-16)15-27-13-12-20-19-10-6-7-11-21(19)24-22(20)23(27)17-8-4-3-5-9-17/h3-11,14,23-24H,12-13,15H2,1-2H3. The van der Waals surface area contributed by atoms with Crippen LogP contribution in [-0.4, -0.2) is 26.2 Å². The summed E-state index contributed by atoms with van der Waals surface area (Å²) >= 11 is 0. The van der Waals surface area contributed by atoms with E-state index in [1.165, 1.54) is 33.4 Å². The Labute approximate surface area is 159 Å². The normalized spacial score (nSPS) is 17.3. The summed E-state index contributed by atoms with van der Waals surface area (Å²) in [6, 6.07) is 22.0. The van der Waals surface area contributed by atoms with Gasteiger partial charge in [0.15, 0.2) is 0 Å². The first-order chi connectivity index (χ1) is 13.2. The number of nitrogens with one attached hydrogen (secondary N) is 1. The third-order valence-electron chi connectivity index (χ3n) is 5.71. The Kier molecular flexibility index (Phi) is 3.87. The number of benzene rings is 2. The van der Waals surface area contributed by atoms with Crippen LogP contribution < -0.4 is 0 Å². The zero-order valence-electron chi connectivity index (χ0n) is 15.8. The van der Waals surface area contributed by atoms with Gasteiger partial charge in [-0.1, -0.05) is 48.5 Å². The third-order valence-corrected chi connectivity index (χ3v) is 5.71. The van der Waals surface area contributed by atoms with Crippen LogP contribution in [0.1, 0.15) is 34.3 Å². The number of hydrogen-bond donors (Lipinski definition) is 1. The predicted molar refractivity (Wildman–Crippen MR) is 109 cm³/mol. The lowest BCUT2D eigenvalue weighted by Gasteiger charge is -2.36. The average molecular weight is 356 g/mol. The minimum atomic E-state index is 0.234. The smallest absolute Gasteiger partial charge is 0.0760 e. The van der Waals surface area contributed by atoms with Gasteiger partial charge in [-0.25, -0.2) is 0 Å². The fourth-order valence-corrected chi connectivity index (χ4v) is 4.49. The van der Waals surface area contributed by atoms with Crippen molar-refractivity contribution in [3.63, 3.8) is 0 Å². The van der Waals surface area contributed by atoms with E-state index in [1.807, 2.05) is 11.7 Å². The zero-order valence-corrected chi connectivity index (χ0v) is 15.8. The molecule has 1 N–H and O–H groups in total. The molecule has 4 aromatic rings. The Hall–Kier alpha value is -2.85. The highest BCUT2D eigenvalue weighted by atomic mass is 15.3. The van der Waals surface area contributed by atoms with E-state index < -0.39 is 0 Å². The first-order valence-electron chi connectivity index (χ1n) is 9.58. The Bertz CT molecular complexity index is 1090. The van der Waals surface area contributed by atoms with Gasteiger partial charge in [0.05, 0.1) is 17.4 Å². The van der Waals surface area contributed by atoms with Crippen molar-refractivity contribution in [2.45, 2.75) is 25.9 Å². The van der Waals surface area contributed by atoms with Crippen LogP contribution in [0.4, 0.5) is 0 Å². The van der Waals surface area contributed by atoms with Gasteiger partial charge < -0.3 is 4.98 Å². The van der Waals surface area contributed by atoms with Crippen molar-refractivity contribution in [1.82, 2.24) is 19.7 Å². The summed E-state index contributed by atoms with van der Waals surface area (Å²) in [5, 5.41) is 5.90. The first kappa shape index (κ1) is 16.3. The highest BCUT2D eigenvalue weighted by Gasteiger charge is 2.32. The predicted octanol–water partition coefficient (Wildman–Crippen LogP) is 4.36. The van der Waals surface area contributed by atoms with E-state index in [1.54, 1.807) is 0 Å². The van der Waals surface area contributed by atoms with Gasteiger partial charge in [0.1, 0.15) is 0 Å². The number of H-pyrrole nitrogens is 1. The molecule has 0 saturated heterocycles. The molecule has 27 heavy (non-hydrogen) atoms. The van der Waals surface area contributed by atoms with Crippen molar-refractivity contribution in [2.24, 2.45) is 7.05 Å². The largest absolute Gasteiger partial charge is 0.357 e. The van der Waals surface area contributed by atoms with Crippen LogP contribution in [0, 0.1) is 6.92 Å². The molecule has 3 heterocycles. The molecule has 1 aliphatic rings. The minimum absolute atomic E-state index is 0.234. The Morgan fingerprint density at radius 2 is 1.85 bits per heavy atom. The fraction of sp³-hybridized carbons (Fsp3) is 0.261. The number of aromatic amines is 1. The minimum Gasteiger partial charge on any atom is -0.357 e. The Morgan fingerprint density at radius 3 is 2.63 bits per heavy atom. The lowest BCUT2D eigenvalue weighted by atomic mass is 9.92. The summed E-state index contributed by atoms with van der Waals surface area (Å²) in [6.07, 6.45) is 1.07. The van der Waals surface area contributed by atoms with E-state index in [9.17, 15) is 0 Å². The zero-order chi connectivity index (χ0) is 18.4. The Balaban J connectivity index is 1.62. The maximum absolute atomic E-state index is 4.54. The molecule has 0 aliphatic carbocycles. The van der Waals surface area contributed by atoms with Crippen molar-refractivity contribution in [3.05, 3.63) is 88.9 Å². The topological polar surface area (TPSA) is 36.9 Å². The van der Waals surface area contributed by atoms with E-state index in [-0.39, 0.29) is 6.04 Å². The molecular weight excluding hydrogens is 332 g/mol. The number of rotatable bonds is 3. The molecule has 5 rings (SSSR count). The molecule has 1 aliphatic heterocycles. The molecule has 0 amide bonds. The third kappa shape index (κ3) is 2.77. The second kappa shape index (κ2) is 6.39. The van der Waals surface area contributed by atoms with Gasteiger partial charge in [0.2, 0.25) is 0 Å². The summed E-state index contributed by atoms with van der Waals surface area (Å²) in [7, 11) is 2.04. The Morgan fingerprint density at radius 1 is 1.07 bits per heavy atom.